The molecule has 3 fully saturated rings. The van der Waals surface area contributed by atoms with Crippen molar-refractivity contribution in [3.8, 4) is 0 Å². The van der Waals surface area contributed by atoms with Crippen LogP contribution in [0.25, 0.3) is 5.57 Å². The van der Waals surface area contributed by atoms with E-state index in [0.29, 0.717) is 18.5 Å². The number of piperidine rings is 1. The van der Waals surface area contributed by atoms with E-state index < -0.39 is 6.09 Å². The third-order valence-corrected chi connectivity index (χ3v) is 9.24. The predicted molar refractivity (Wildman–Crippen MR) is 136 cm³/mol. The van der Waals surface area contributed by atoms with E-state index in [0.717, 1.165) is 45.2 Å². The van der Waals surface area contributed by atoms with Crippen molar-refractivity contribution >= 4 is 11.7 Å². The van der Waals surface area contributed by atoms with Crippen LogP contribution in [-0.4, -0.2) is 63.9 Å². The number of rotatable bonds is 3. The molecule has 1 amide bonds. The van der Waals surface area contributed by atoms with Crippen molar-refractivity contribution in [1.29, 1.82) is 0 Å². The van der Waals surface area contributed by atoms with E-state index in [9.17, 15) is 15.0 Å². The second-order valence-electron chi connectivity index (χ2n) is 12.5. The molecule has 34 heavy (non-hydrogen) atoms. The van der Waals surface area contributed by atoms with Crippen LogP contribution in [0.5, 0.6) is 0 Å². The quantitative estimate of drug-likeness (QED) is 0.596. The number of carbonyl (C=O) groups is 1. The minimum atomic E-state index is -0.754. The molecule has 3 unspecified atom stereocenters. The van der Waals surface area contributed by atoms with Crippen LogP contribution in [0.3, 0.4) is 0 Å². The van der Waals surface area contributed by atoms with Gasteiger partial charge in [-0.05, 0) is 92.5 Å². The van der Waals surface area contributed by atoms with Gasteiger partial charge in [-0.1, -0.05) is 51.1 Å². The fourth-order valence-corrected chi connectivity index (χ4v) is 7.92. The highest BCUT2D eigenvalue weighted by Crippen LogP contribution is 2.57. The Kier molecular flexibility index (Phi) is 6.31. The molecule has 4 atom stereocenters. The molecule has 5 rings (SSSR count). The molecule has 0 radical (unpaired) electrons. The Hall–Kier alpha value is -1.85. The first kappa shape index (κ1) is 23.9. The van der Waals surface area contributed by atoms with Crippen molar-refractivity contribution in [2.75, 3.05) is 19.6 Å². The zero-order valence-electron chi connectivity index (χ0n) is 21.2. The van der Waals surface area contributed by atoms with Crippen LogP contribution in [0.2, 0.25) is 0 Å². The summed E-state index contributed by atoms with van der Waals surface area (Å²) < 4.78 is 0. The van der Waals surface area contributed by atoms with E-state index in [2.05, 4.69) is 56.0 Å². The second-order valence-corrected chi connectivity index (χ2v) is 12.5. The van der Waals surface area contributed by atoms with Crippen molar-refractivity contribution < 1.29 is 15.0 Å². The van der Waals surface area contributed by atoms with E-state index in [-0.39, 0.29) is 23.0 Å². The molecule has 0 aromatic heterocycles. The Morgan fingerprint density at radius 1 is 1.09 bits per heavy atom. The summed E-state index contributed by atoms with van der Waals surface area (Å²) in [5.74, 6) is 0.601. The van der Waals surface area contributed by atoms with Gasteiger partial charge in [-0.3, -0.25) is 0 Å². The molecule has 5 heteroatoms. The zero-order valence-corrected chi connectivity index (χ0v) is 21.2. The van der Waals surface area contributed by atoms with Crippen LogP contribution >= 0.6 is 0 Å². The lowest BCUT2D eigenvalue weighted by molar-refractivity contribution is -0.106. The van der Waals surface area contributed by atoms with Gasteiger partial charge in [-0.15, -0.1) is 0 Å². The van der Waals surface area contributed by atoms with Gasteiger partial charge in [0.2, 0.25) is 0 Å². The number of allylic oxidation sites excluding steroid dienone is 1. The summed E-state index contributed by atoms with van der Waals surface area (Å²) in [6.45, 7) is 9.60. The Balaban J connectivity index is 1.23. The average Bonchev–Trinajstić information content (AvgIpc) is 3.24. The number of amides is 1. The summed E-state index contributed by atoms with van der Waals surface area (Å²) >= 11 is 0. The molecule has 2 aliphatic carbocycles. The molecule has 2 saturated heterocycles. The van der Waals surface area contributed by atoms with E-state index in [1.165, 1.54) is 36.0 Å². The van der Waals surface area contributed by atoms with Crippen LogP contribution in [0.4, 0.5) is 4.79 Å². The summed E-state index contributed by atoms with van der Waals surface area (Å²) in [6, 6.07) is 9.68. The van der Waals surface area contributed by atoms with Gasteiger partial charge in [0.1, 0.15) is 0 Å². The molecule has 186 valence electrons. The van der Waals surface area contributed by atoms with Gasteiger partial charge in [-0.25, -0.2) is 4.79 Å². The number of aliphatic hydroxyl groups is 1. The SMILES string of the molecule is CC(C)(C)C1N(C(=O)O)CC12CC[C@@H](N1CCC(c3ccccc3C3=CCC(O)CC3)CC1)C2. The maximum atomic E-state index is 11.8. The molecule has 5 nitrogen and oxygen atoms in total. The summed E-state index contributed by atoms with van der Waals surface area (Å²) in [4.78, 5) is 16.2. The number of carboxylic acid groups (broad SMARTS) is 1. The summed E-state index contributed by atoms with van der Waals surface area (Å²) in [7, 11) is 0. The topological polar surface area (TPSA) is 64.0 Å². The lowest BCUT2D eigenvalue weighted by Gasteiger charge is -2.60. The number of benzene rings is 1. The Morgan fingerprint density at radius 3 is 2.47 bits per heavy atom. The van der Waals surface area contributed by atoms with Crippen molar-refractivity contribution in [3.63, 3.8) is 0 Å². The van der Waals surface area contributed by atoms with Crippen LogP contribution in [0.15, 0.2) is 30.3 Å². The summed E-state index contributed by atoms with van der Waals surface area (Å²) in [6.07, 6.45) is 9.85. The van der Waals surface area contributed by atoms with Gasteiger partial charge in [0.15, 0.2) is 0 Å². The number of aliphatic hydroxyl groups excluding tert-OH is 1. The Morgan fingerprint density at radius 2 is 1.82 bits per heavy atom. The highest BCUT2D eigenvalue weighted by atomic mass is 16.4. The number of hydrogen-bond acceptors (Lipinski definition) is 3. The first-order valence-corrected chi connectivity index (χ1v) is 13.4. The highest BCUT2D eigenvalue weighted by Gasteiger charge is 2.61. The fourth-order valence-electron chi connectivity index (χ4n) is 7.92. The van der Waals surface area contributed by atoms with Crippen molar-refractivity contribution in [2.24, 2.45) is 10.8 Å². The molecule has 1 spiro atoms. The maximum Gasteiger partial charge on any atom is 0.407 e. The van der Waals surface area contributed by atoms with Gasteiger partial charge < -0.3 is 20.0 Å². The third kappa shape index (κ3) is 4.30. The third-order valence-electron chi connectivity index (χ3n) is 9.24. The van der Waals surface area contributed by atoms with E-state index in [4.69, 9.17) is 0 Å². The smallest absolute Gasteiger partial charge is 0.407 e. The number of likely N-dealkylation sites (tertiary alicyclic amines) is 2. The fraction of sp³-hybridized carbons (Fsp3) is 0.690. The molecule has 1 aromatic rings. The maximum absolute atomic E-state index is 11.8. The molecule has 1 aromatic carbocycles. The standard InChI is InChI=1S/C29H42N2O3/c1-28(2,3)26-29(19-31(26)27(33)34)15-12-22(18-29)30-16-13-21(14-17-30)25-7-5-4-6-24(25)20-8-10-23(32)11-9-20/h4-8,21-23,26,32H,9-19H2,1-3H3,(H,33,34)/t22-,23?,26?,29?/m1/s1. The van der Waals surface area contributed by atoms with Crippen molar-refractivity contribution in [2.45, 2.75) is 96.2 Å². The minimum absolute atomic E-state index is 0.0217. The van der Waals surface area contributed by atoms with E-state index in [1.54, 1.807) is 4.90 Å². The van der Waals surface area contributed by atoms with Crippen molar-refractivity contribution in [1.82, 2.24) is 9.80 Å². The molecule has 2 aliphatic heterocycles. The summed E-state index contributed by atoms with van der Waals surface area (Å²) in [5.41, 5.74) is 4.47. The zero-order chi connectivity index (χ0) is 24.1. The molecule has 1 saturated carbocycles. The second kappa shape index (κ2) is 8.98. The molecular formula is C29H42N2O3. The Labute approximate surface area is 204 Å². The number of nitrogens with zero attached hydrogens (tertiary/aromatic N) is 2. The van der Waals surface area contributed by atoms with Gasteiger partial charge in [-0.2, -0.15) is 0 Å². The molecule has 2 heterocycles. The van der Waals surface area contributed by atoms with E-state index in [1.807, 2.05) is 0 Å². The van der Waals surface area contributed by atoms with Gasteiger partial charge in [0.25, 0.3) is 0 Å². The normalized spacial score (nSPS) is 33.1. The lowest BCUT2D eigenvalue weighted by atomic mass is 9.61. The lowest BCUT2D eigenvalue weighted by Crippen LogP contribution is -2.69. The average molecular weight is 467 g/mol. The monoisotopic (exact) mass is 466 g/mol. The predicted octanol–water partition coefficient (Wildman–Crippen LogP) is 5.74. The van der Waals surface area contributed by atoms with Crippen LogP contribution in [0, 0.1) is 10.8 Å². The molecule has 4 aliphatic rings. The number of hydrogen-bond donors (Lipinski definition) is 2. The molecule has 0 bridgehead atoms. The van der Waals surface area contributed by atoms with Gasteiger partial charge >= 0.3 is 6.09 Å². The van der Waals surface area contributed by atoms with Gasteiger partial charge in [0.05, 0.1) is 6.10 Å². The van der Waals surface area contributed by atoms with Crippen LogP contribution < -0.4 is 0 Å². The van der Waals surface area contributed by atoms with Crippen LogP contribution in [0.1, 0.15) is 89.2 Å². The minimum Gasteiger partial charge on any atom is -0.465 e. The molecule has 2 N–H and O–H groups in total. The van der Waals surface area contributed by atoms with Crippen LogP contribution in [-0.2, 0) is 0 Å². The molecular weight excluding hydrogens is 424 g/mol. The van der Waals surface area contributed by atoms with Gasteiger partial charge in [0, 0.05) is 24.0 Å². The first-order chi connectivity index (χ1) is 16.2. The van der Waals surface area contributed by atoms with Crippen molar-refractivity contribution in [3.05, 3.63) is 41.5 Å². The van der Waals surface area contributed by atoms with E-state index >= 15 is 0 Å². The largest absolute Gasteiger partial charge is 0.465 e. The first-order valence-electron chi connectivity index (χ1n) is 13.4. The highest BCUT2D eigenvalue weighted by molar-refractivity contribution is 5.69. The Bertz CT molecular complexity index is 943. The summed E-state index contributed by atoms with van der Waals surface area (Å²) in [5, 5.41) is 19.6.